The van der Waals surface area contributed by atoms with Crippen molar-refractivity contribution in [2.45, 2.75) is 13.5 Å². The first-order valence-electron chi connectivity index (χ1n) is 8.37. The Morgan fingerprint density at radius 3 is 2.31 bits per heavy atom. The van der Waals surface area contributed by atoms with Crippen LogP contribution in [0, 0.1) is 6.92 Å². The second kappa shape index (κ2) is 7.65. The Bertz CT molecular complexity index is 1030. The minimum atomic E-state index is 0. The van der Waals surface area contributed by atoms with Gasteiger partial charge >= 0.3 is 0 Å². The van der Waals surface area contributed by atoms with Crippen molar-refractivity contribution in [3.05, 3.63) is 84.2 Å². The molecule has 4 aromatic rings. The minimum Gasteiger partial charge on any atom is -0.326 e. The van der Waals surface area contributed by atoms with E-state index in [-0.39, 0.29) is 12.4 Å². The minimum absolute atomic E-state index is 0. The lowest BCUT2D eigenvalue weighted by molar-refractivity contribution is 1.07. The zero-order valence-electron chi connectivity index (χ0n) is 14.5. The standard InChI is InChI=1S/C22H19N3.ClH/c1-15-19-13-20(17-5-3-2-4-6-17)22(25-21(19)11-12-24-15)18-9-7-16(14-23)8-10-18;/h2-13H,14,23H2,1H3;1H. The fourth-order valence-electron chi connectivity index (χ4n) is 3.09. The second-order valence-electron chi connectivity index (χ2n) is 6.11. The quantitative estimate of drug-likeness (QED) is 0.548. The molecule has 0 saturated heterocycles. The normalized spacial score (nSPS) is 10.5. The molecule has 0 aliphatic carbocycles. The van der Waals surface area contributed by atoms with Crippen LogP contribution in [-0.4, -0.2) is 9.97 Å². The summed E-state index contributed by atoms with van der Waals surface area (Å²) in [6, 6.07) is 22.9. The van der Waals surface area contributed by atoms with E-state index in [1.54, 1.807) is 0 Å². The maximum atomic E-state index is 5.73. The van der Waals surface area contributed by atoms with E-state index < -0.39 is 0 Å². The molecule has 4 heteroatoms. The summed E-state index contributed by atoms with van der Waals surface area (Å²) in [7, 11) is 0. The van der Waals surface area contributed by atoms with Gasteiger partial charge in [-0.15, -0.1) is 12.4 Å². The Balaban J connectivity index is 0.00000196. The largest absolute Gasteiger partial charge is 0.326 e. The van der Waals surface area contributed by atoms with Gasteiger partial charge in [-0.3, -0.25) is 4.98 Å². The summed E-state index contributed by atoms with van der Waals surface area (Å²) in [6.45, 7) is 2.57. The number of benzene rings is 2. The van der Waals surface area contributed by atoms with Crippen molar-refractivity contribution >= 4 is 23.3 Å². The molecule has 0 amide bonds. The first-order valence-corrected chi connectivity index (χ1v) is 8.37. The highest BCUT2D eigenvalue weighted by Gasteiger charge is 2.12. The molecule has 4 rings (SSSR count). The molecule has 26 heavy (non-hydrogen) atoms. The first-order chi connectivity index (χ1) is 12.3. The molecule has 3 nitrogen and oxygen atoms in total. The Morgan fingerprint density at radius 2 is 1.62 bits per heavy atom. The molecule has 0 aliphatic rings. The van der Waals surface area contributed by atoms with Gasteiger partial charge in [0, 0.05) is 34.9 Å². The summed E-state index contributed by atoms with van der Waals surface area (Å²) in [5.74, 6) is 0. The van der Waals surface area contributed by atoms with Gasteiger partial charge in [-0.1, -0.05) is 54.6 Å². The van der Waals surface area contributed by atoms with Gasteiger partial charge in [0.1, 0.15) is 0 Å². The van der Waals surface area contributed by atoms with Crippen LogP contribution in [-0.2, 0) is 6.54 Å². The van der Waals surface area contributed by atoms with Crippen LogP contribution in [0.4, 0.5) is 0 Å². The molecule has 0 unspecified atom stereocenters. The molecule has 0 fully saturated rings. The summed E-state index contributed by atoms with van der Waals surface area (Å²) < 4.78 is 0. The van der Waals surface area contributed by atoms with E-state index in [1.165, 1.54) is 0 Å². The summed E-state index contributed by atoms with van der Waals surface area (Å²) in [5, 5.41) is 1.09. The highest BCUT2D eigenvalue weighted by Crippen LogP contribution is 2.34. The molecule has 2 heterocycles. The Labute approximate surface area is 159 Å². The zero-order chi connectivity index (χ0) is 17.2. The fourth-order valence-corrected chi connectivity index (χ4v) is 3.09. The molecular weight excluding hydrogens is 342 g/mol. The number of pyridine rings is 2. The Hall–Kier alpha value is -2.75. The van der Waals surface area contributed by atoms with Gasteiger partial charge in [0.15, 0.2) is 0 Å². The number of nitrogens with zero attached hydrogens (tertiary/aromatic N) is 2. The van der Waals surface area contributed by atoms with Crippen LogP contribution in [0.2, 0.25) is 0 Å². The number of halogens is 1. The average Bonchev–Trinajstić information content (AvgIpc) is 2.68. The number of hydrogen-bond donors (Lipinski definition) is 1. The molecule has 2 aromatic heterocycles. The third-order valence-corrected chi connectivity index (χ3v) is 4.49. The van der Waals surface area contributed by atoms with Gasteiger partial charge in [0.25, 0.3) is 0 Å². The number of aryl methyl sites for hydroxylation is 1. The van der Waals surface area contributed by atoms with Crippen molar-refractivity contribution in [2.75, 3.05) is 0 Å². The Kier molecular flexibility index (Phi) is 5.31. The third kappa shape index (κ3) is 3.32. The van der Waals surface area contributed by atoms with E-state index in [9.17, 15) is 0 Å². The molecule has 0 aliphatic heterocycles. The lowest BCUT2D eigenvalue weighted by atomic mass is 9.96. The smallest absolute Gasteiger partial charge is 0.0788 e. The number of nitrogens with two attached hydrogens (primary N) is 1. The van der Waals surface area contributed by atoms with Crippen LogP contribution in [0.25, 0.3) is 33.3 Å². The summed E-state index contributed by atoms with van der Waals surface area (Å²) in [6.07, 6.45) is 1.81. The van der Waals surface area contributed by atoms with Crippen molar-refractivity contribution in [1.82, 2.24) is 9.97 Å². The molecule has 0 spiro atoms. The van der Waals surface area contributed by atoms with Crippen molar-refractivity contribution < 1.29 is 0 Å². The van der Waals surface area contributed by atoms with Gasteiger partial charge in [0.05, 0.1) is 11.2 Å². The SMILES string of the molecule is Cc1nccc2nc(-c3ccc(CN)cc3)c(-c3ccccc3)cc12.Cl. The molecule has 130 valence electrons. The topological polar surface area (TPSA) is 51.8 Å². The number of hydrogen-bond acceptors (Lipinski definition) is 3. The van der Waals surface area contributed by atoms with Crippen molar-refractivity contribution in [1.29, 1.82) is 0 Å². The molecule has 0 saturated carbocycles. The van der Waals surface area contributed by atoms with Gasteiger partial charge in [-0.2, -0.15) is 0 Å². The molecule has 2 aromatic carbocycles. The summed E-state index contributed by atoms with van der Waals surface area (Å²) in [4.78, 5) is 9.38. The monoisotopic (exact) mass is 361 g/mol. The highest BCUT2D eigenvalue weighted by atomic mass is 35.5. The molecule has 0 radical (unpaired) electrons. The van der Waals surface area contributed by atoms with Crippen LogP contribution in [0.5, 0.6) is 0 Å². The van der Waals surface area contributed by atoms with E-state index >= 15 is 0 Å². The average molecular weight is 362 g/mol. The molecule has 0 atom stereocenters. The maximum Gasteiger partial charge on any atom is 0.0788 e. The van der Waals surface area contributed by atoms with Crippen molar-refractivity contribution in [2.24, 2.45) is 5.73 Å². The highest BCUT2D eigenvalue weighted by molar-refractivity contribution is 5.92. The van der Waals surface area contributed by atoms with E-state index in [2.05, 4.69) is 59.6 Å². The number of aromatic nitrogens is 2. The van der Waals surface area contributed by atoms with Crippen LogP contribution in [0.3, 0.4) is 0 Å². The summed E-state index contributed by atoms with van der Waals surface area (Å²) >= 11 is 0. The van der Waals surface area contributed by atoms with Crippen LogP contribution >= 0.6 is 12.4 Å². The van der Waals surface area contributed by atoms with E-state index in [0.29, 0.717) is 6.54 Å². The second-order valence-corrected chi connectivity index (χ2v) is 6.11. The lowest BCUT2D eigenvalue weighted by Crippen LogP contribution is -1.97. The van der Waals surface area contributed by atoms with Gasteiger partial charge in [-0.05, 0) is 30.2 Å². The number of fused-ring (bicyclic) bond motifs is 1. The zero-order valence-corrected chi connectivity index (χ0v) is 15.3. The van der Waals surface area contributed by atoms with E-state index in [4.69, 9.17) is 10.7 Å². The van der Waals surface area contributed by atoms with Crippen molar-refractivity contribution in [3.63, 3.8) is 0 Å². The predicted octanol–water partition coefficient (Wildman–Crippen LogP) is 5.15. The van der Waals surface area contributed by atoms with Crippen LogP contribution in [0.15, 0.2) is 72.9 Å². The van der Waals surface area contributed by atoms with Gasteiger partial charge in [-0.25, -0.2) is 4.98 Å². The van der Waals surface area contributed by atoms with Crippen molar-refractivity contribution in [3.8, 4) is 22.4 Å². The van der Waals surface area contributed by atoms with Gasteiger partial charge in [0.2, 0.25) is 0 Å². The number of rotatable bonds is 3. The lowest BCUT2D eigenvalue weighted by Gasteiger charge is -2.13. The summed E-state index contributed by atoms with van der Waals surface area (Å²) in [5.41, 5.74) is 13.1. The molecular formula is C22H20ClN3. The van der Waals surface area contributed by atoms with E-state index in [0.717, 1.165) is 44.5 Å². The van der Waals surface area contributed by atoms with Crippen LogP contribution in [0.1, 0.15) is 11.3 Å². The molecule has 0 bridgehead atoms. The maximum absolute atomic E-state index is 5.73. The molecule has 2 N–H and O–H groups in total. The van der Waals surface area contributed by atoms with E-state index in [1.807, 2.05) is 25.3 Å². The van der Waals surface area contributed by atoms with Gasteiger partial charge < -0.3 is 5.73 Å². The van der Waals surface area contributed by atoms with Crippen LogP contribution < -0.4 is 5.73 Å². The third-order valence-electron chi connectivity index (χ3n) is 4.49. The fraction of sp³-hybridized carbons (Fsp3) is 0.0909. The Morgan fingerprint density at radius 1 is 0.885 bits per heavy atom. The first kappa shape index (κ1) is 18.1. The predicted molar refractivity (Wildman–Crippen MR) is 110 cm³/mol.